The number of hydrogen-bond acceptors (Lipinski definition) is 5. The second-order valence-corrected chi connectivity index (χ2v) is 6.41. The molecule has 0 aliphatic carbocycles. The zero-order valence-electron chi connectivity index (χ0n) is 10.1. The number of aromatic nitrogens is 2. The summed E-state index contributed by atoms with van der Waals surface area (Å²) >= 11 is 0. The van der Waals surface area contributed by atoms with Gasteiger partial charge in [-0.3, -0.25) is 0 Å². The van der Waals surface area contributed by atoms with Crippen LogP contribution >= 0.6 is 0 Å². The van der Waals surface area contributed by atoms with Gasteiger partial charge in [-0.05, 0) is 6.07 Å². The van der Waals surface area contributed by atoms with Crippen LogP contribution in [0.2, 0.25) is 0 Å². The van der Waals surface area contributed by atoms with Crippen LogP contribution in [0.3, 0.4) is 0 Å². The van der Waals surface area contributed by atoms with Crippen molar-refractivity contribution < 1.29 is 8.42 Å². The van der Waals surface area contributed by atoms with Gasteiger partial charge in [0.25, 0.3) is 0 Å². The van der Waals surface area contributed by atoms with E-state index in [9.17, 15) is 8.42 Å². The molecule has 0 bridgehead atoms. The maximum Gasteiger partial charge on any atom is 0.151 e. The van der Waals surface area contributed by atoms with E-state index in [2.05, 4.69) is 15.5 Å². The smallest absolute Gasteiger partial charge is 0.151 e. The fourth-order valence-electron chi connectivity index (χ4n) is 1.63. The molecule has 0 amide bonds. The highest BCUT2D eigenvalue weighted by Gasteiger charge is 2.07. The molecule has 6 heteroatoms. The first-order valence-corrected chi connectivity index (χ1v) is 7.59. The van der Waals surface area contributed by atoms with Crippen molar-refractivity contribution in [3.8, 4) is 0 Å². The van der Waals surface area contributed by atoms with Gasteiger partial charge in [-0.2, -0.15) is 10.2 Å². The number of benzene rings is 1. The van der Waals surface area contributed by atoms with E-state index >= 15 is 0 Å². The molecule has 0 aliphatic rings. The molecule has 0 fully saturated rings. The lowest BCUT2D eigenvalue weighted by molar-refractivity contribution is 0.597. The van der Waals surface area contributed by atoms with Crippen LogP contribution in [0.15, 0.2) is 30.5 Å². The lowest BCUT2D eigenvalue weighted by atomic mass is 10.2. The molecule has 0 radical (unpaired) electrons. The van der Waals surface area contributed by atoms with Crippen LogP contribution in [0.4, 0.5) is 5.69 Å². The van der Waals surface area contributed by atoms with E-state index in [1.807, 2.05) is 24.3 Å². The molecular weight excluding hydrogens is 250 g/mol. The quantitative estimate of drug-likeness (QED) is 0.886. The van der Waals surface area contributed by atoms with Crippen molar-refractivity contribution in [2.24, 2.45) is 0 Å². The standard InChI is InChI=1S/C12H15N3O2S/c1-2-18(16,17)8-7-13-12-9-14-15-11-6-4-3-5-10(11)12/h3-6,9H,2,7-8H2,1H3,(H,13,15). The van der Waals surface area contributed by atoms with Gasteiger partial charge in [0.1, 0.15) is 0 Å². The highest BCUT2D eigenvalue weighted by atomic mass is 32.2. The van der Waals surface area contributed by atoms with Crippen LogP contribution < -0.4 is 5.32 Å². The van der Waals surface area contributed by atoms with E-state index < -0.39 is 9.84 Å². The highest BCUT2D eigenvalue weighted by Crippen LogP contribution is 2.19. The predicted octanol–water partition coefficient (Wildman–Crippen LogP) is 1.48. The summed E-state index contributed by atoms with van der Waals surface area (Å²) in [5, 5.41) is 11.9. The molecule has 0 saturated carbocycles. The third kappa shape index (κ3) is 2.95. The lowest BCUT2D eigenvalue weighted by Crippen LogP contribution is -2.17. The Labute approximate surface area is 106 Å². The molecule has 2 rings (SSSR count). The maximum absolute atomic E-state index is 11.4. The van der Waals surface area contributed by atoms with Gasteiger partial charge < -0.3 is 5.32 Å². The molecule has 0 spiro atoms. The molecule has 0 atom stereocenters. The number of fused-ring (bicyclic) bond motifs is 1. The Bertz CT molecular complexity index is 635. The summed E-state index contributed by atoms with van der Waals surface area (Å²) in [6, 6.07) is 7.61. The molecule has 18 heavy (non-hydrogen) atoms. The summed E-state index contributed by atoms with van der Waals surface area (Å²) in [5.41, 5.74) is 1.60. The molecule has 0 aliphatic heterocycles. The van der Waals surface area contributed by atoms with Crippen molar-refractivity contribution in [3.05, 3.63) is 30.5 Å². The first-order valence-electron chi connectivity index (χ1n) is 5.77. The van der Waals surface area contributed by atoms with Gasteiger partial charge >= 0.3 is 0 Å². The minimum absolute atomic E-state index is 0.125. The largest absolute Gasteiger partial charge is 0.382 e. The summed E-state index contributed by atoms with van der Waals surface area (Å²) in [7, 11) is -2.94. The van der Waals surface area contributed by atoms with Gasteiger partial charge in [-0.1, -0.05) is 25.1 Å². The topological polar surface area (TPSA) is 72.0 Å². The number of anilines is 1. The summed E-state index contributed by atoms with van der Waals surface area (Å²) in [6.07, 6.45) is 1.61. The van der Waals surface area contributed by atoms with E-state index in [1.54, 1.807) is 13.1 Å². The van der Waals surface area contributed by atoms with Crippen molar-refractivity contribution in [1.29, 1.82) is 0 Å². The van der Waals surface area contributed by atoms with Gasteiger partial charge in [0, 0.05) is 17.7 Å². The molecule has 1 aromatic carbocycles. The molecule has 0 saturated heterocycles. The van der Waals surface area contributed by atoms with E-state index in [0.29, 0.717) is 6.54 Å². The predicted molar refractivity (Wildman–Crippen MR) is 72.4 cm³/mol. The summed E-state index contributed by atoms with van der Waals surface area (Å²) in [5.74, 6) is 0.296. The minimum atomic E-state index is -2.94. The molecule has 1 aromatic heterocycles. The second kappa shape index (κ2) is 5.30. The summed E-state index contributed by atoms with van der Waals surface area (Å²) in [6.45, 7) is 2.03. The SMILES string of the molecule is CCS(=O)(=O)CCNc1cnnc2ccccc12. The third-order valence-electron chi connectivity index (χ3n) is 2.71. The van der Waals surface area contributed by atoms with E-state index in [0.717, 1.165) is 16.6 Å². The average Bonchev–Trinajstić information content (AvgIpc) is 2.39. The Morgan fingerprint density at radius 2 is 2.06 bits per heavy atom. The van der Waals surface area contributed by atoms with E-state index in [1.165, 1.54) is 0 Å². The molecular formula is C12H15N3O2S. The molecule has 96 valence electrons. The molecule has 1 N–H and O–H groups in total. The lowest BCUT2D eigenvalue weighted by Gasteiger charge is -2.08. The Balaban J connectivity index is 2.13. The number of nitrogens with zero attached hydrogens (tertiary/aromatic N) is 2. The van der Waals surface area contributed by atoms with Crippen molar-refractivity contribution in [2.45, 2.75) is 6.92 Å². The van der Waals surface area contributed by atoms with Crippen molar-refractivity contribution in [3.63, 3.8) is 0 Å². The normalized spacial score (nSPS) is 11.6. The van der Waals surface area contributed by atoms with Crippen LogP contribution in [0.25, 0.3) is 10.9 Å². The highest BCUT2D eigenvalue weighted by molar-refractivity contribution is 7.91. The Kier molecular flexibility index (Phi) is 3.76. The first kappa shape index (κ1) is 12.8. The fraction of sp³-hybridized carbons (Fsp3) is 0.333. The molecule has 1 heterocycles. The third-order valence-corrected chi connectivity index (χ3v) is 4.42. The second-order valence-electron chi connectivity index (χ2n) is 3.94. The van der Waals surface area contributed by atoms with Gasteiger partial charge in [-0.15, -0.1) is 0 Å². The van der Waals surface area contributed by atoms with Crippen LogP contribution in [0.5, 0.6) is 0 Å². The average molecular weight is 265 g/mol. The Hall–Kier alpha value is -1.69. The van der Waals surface area contributed by atoms with Crippen LogP contribution in [0.1, 0.15) is 6.92 Å². The van der Waals surface area contributed by atoms with Gasteiger partial charge in [0.15, 0.2) is 9.84 Å². The first-order chi connectivity index (χ1) is 8.62. The van der Waals surface area contributed by atoms with Gasteiger partial charge in [0.2, 0.25) is 0 Å². The number of sulfone groups is 1. The summed E-state index contributed by atoms with van der Waals surface area (Å²) < 4.78 is 22.8. The van der Waals surface area contributed by atoms with E-state index in [4.69, 9.17) is 0 Å². The number of nitrogens with one attached hydrogen (secondary N) is 1. The number of hydrogen-bond donors (Lipinski definition) is 1. The van der Waals surface area contributed by atoms with Gasteiger partial charge in [-0.25, -0.2) is 8.42 Å². The Morgan fingerprint density at radius 1 is 1.28 bits per heavy atom. The fourth-order valence-corrected chi connectivity index (χ4v) is 2.34. The molecule has 0 unspecified atom stereocenters. The van der Waals surface area contributed by atoms with Gasteiger partial charge in [0.05, 0.1) is 23.2 Å². The Morgan fingerprint density at radius 3 is 2.83 bits per heavy atom. The number of rotatable bonds is 5. The van der Waals surface area contributed by atoms with Crippen molar-refractivity contribution in [2.75, 3.05) is 23.4 Å². The van der Waals surface area contributed by atoms with Crippen molar-refractivity contribution in [1.82, 2.24) is 10.2 Å². The van der Waals surface area contributed by atoms with Crippen LogP contribution in [-0.2, 0) is 9.84 Å². The zero-order valence-corrected chi connectivity index (χ0v) is 10.9. The maximum atomic E-state index is 11.4. The zero-order chi connectivity index (χ0) is 13.0. The van der Waals surface area contributed by atoms with E-state index in [-0.39, 0.29) is 11.5 Å². The van der Waals surface area contributed by atoms with Crippen LogP contribution in [0, 0.1) is 0 Å². The van der Waals surface area contributed by atoms with Crippen molar-refractivity contribution >= 4 is 26.4 Å². The summed E-state index contributed by atoms with van der Waals surface area (Å²) in [4.78, 5) is 0. The monoisotopic (exact) mass is 265 g/mol. The minimum Gasteiger partial charge on any atom is -0.382 e. The molecule has 5 nitrogen and oxygen atoms in total. The molecule has 2 aromatic rings. The van der Waals surface area contributed by atoms with Crippen LogP contribution in [-0.4, -0.2) is 36.7 Å².